The second kappa shape index (κ2) is 102. The van der Waals surface area contributed by atoms with Gasteiger partial charge in [-0.2, -0.15) is 0 Å². The zero-order chi connectivity index (χ0) is 2.71. The van der Waals surface area contributed by atoms with Crippen molar-refractivity contribution in [3.05, 3.63) is 0 Å². The molecule has 66 valence electrons. The monoisotopic (exact) mass is 299 g/mol. The van der Waals surface area contributed by atoms with E-state index in [4.69, 9.17) is 0 Å². The first kappa shape index (κ1) is 74.1. The second-order valence-corrected chi connectivity index (χ2v) is 3.62. The van der Waals surface area contributed by atoms with Gasteiger partial charge < -0.3 is 50.9 Å². The molecule has 13 N–H and O–H groups in total. The van der Waals surface area contributed by atoms with Crippen LogP contribution in [0.5, 0.6) is 0 Å². The summed E-state index contributed by atoms with van der Waals surface area (Å²) in [5.41, 5.74) is 0. The molecular formula is H15MoN3OS4. The Labute approximate surface area is 84.9 Å². The van der Waals surface area contributed by atoms with Crippen LogP contribution in [-0.2, 0) is 41.9 Å². The number of rotatable bonds is 0. The first-order valence-electron chi connectivity index (χ1n) is 0.333. The van der Waals surface area contributed by atoms with Crippen molar-refractivity contribution in [1.82, 2.24) is 18.5 Å². The maximum absolute atomic E-state index is 4.34. The molecule has 0 bridgehead atoms. The summed E-state index contributed by atoms with van der Waals surface area (Å²) in [4.78, 5) is 0. The molecule has 0 fully saturated rings. The van der Waals surface area contributed by atoms with E-state index in [2.05, 4.69) is 19.6 Å². The minimum atomic E-state index is -0.363. The molecule has 0 radical (unpaired) electrons. The molecule has 4 nitrogen and oxygen atoms in total. The van der Waals surface area contributed by atoms with Gasteiger partial charge in [-0.25, -0.2) is 0 Å². The third-order valence-electron chi connectivity index (χ3n) is 0. The molecule has 9 heteroatoms. The van der Waals surface area contributed by atoms with E-state index in [-0.39, 0.29) is 65.8 Å². The SMILES string of the molecule is [NH4+].[NH4+].[NH4+].[OH-].[SH-].[SH-].[S]=[Mo]=[S]. The summed E-state index contributed by atoms with van der Waals surface area (Å²) in [7, 11) is 8.68. The van der Waals surface area contributed by atoms with Gasteiger partial charge in [0.05, 0.1) is 0 Å². The molecule has 0 aromatic heterocycles. The standard InChI is InChI=1S/Mo.3H3N.H2O.2H2S.2S/h;3*1H3;3*1H2;;. The van der Waals surface area contributed by atoms with Crippen molar-refractivity contribution in [3.63, 3.8) is 0 Å². The van der Waals surface area contributed by atoms with Crippen LogP contribution in [0.1, 0.15) is 0 Å². The van der Waals surface area contributed by atoms with Gasteiger partial charge in [-0.05, 0) is 0 Å². The topological polar surface area (TPSA) is 140 Å². The van der Waals surface area contributed by atoms with Gasteiger partial charge in [0.2, 0.25) is 0 Å². The van der Waals surface area contributed by atoms with Crippen LogP contribution in [0.2, 0.25) is 0 Å². The average molecular weight is 297 g/mol. The van der Waals surface area contributed by atoms with Crippen molar-refractivity contribution >= 4 is 46.6 Å². The third kappa shape index (κ3) is 204. The van der Waals surface area contributed by atoms with Crippen molar-refractivity contribution < 1.29 is 20.4 Å². The third-order valence-corrected chi connectivity index (χ3v) is 0. The van der Waals surface area contributed by atoms with E-state index in [0.29, 0.717) is 0 Å². The molecule has 0 saturated carbocycles. The summed E-state index contributed by atoms with van der Waals surface area (Å²) in [6.45, 7) is 0. The van der Waals surface area contributed by atoms with Crippen LogP contribution in [0.25, 0.3) is 0 Å². The molecular weight excluding hydrogens is 282 g/mol. The van der Waals surface area contributed by atoms with Gasteiger partial charge in [-0.1, -0.05) is 0 Å². The molecule has 0 aromatic rings. The van der Waals surface area contributed by atoms with Crippen LogP contribution in [-0.4, -0.2) is 5.48 Å². The van der Waals surface area contributed by atoms with E-state index in [1.54, 1.807) is 0 Å². The Morgan fingerprint density at radius 3 is 0.778 bits per heavy atom. The Bertz CT molecular complexity index is 36.8. The number of thiol groups is 2. The predicted molar refractivity (Wildman–Crippen MR) is 52.6 cm³/mol. The van der Waals surface area contributed by atoms with Crippen LogP contribution in [0.4, 0.5) is 0 Å². The zero-order valence-electron chi connectivity index (χ0n) is 5.57. The quantitative estimate of drug-likeness (QED) is 0.354. The maximum atomic E-state index is 4.34. The number of hydrogen-bond donors (Lipinski definition) is 3. The first-order valence-corrected chi connectivity index (χ1v) is 5.92. The number of hydrogen-bond acceptors (Lipinski definition) is 5. The van der Waals surface area contributed by atoms with Gasteiger partial charge in [0.15, 0.2) is 0 Å². The normalized spacial score (nSPS) is 1.33. The van der Waals surface area contributed by atoms with Crippen molar-refractivity contribution in [2.45, 2.75) is 0 Å². The van der Waals surface area contributed by atoms with Gasteiger partial charge in [-0.15, -0.1) is 0 Å². The van der Waals surface area contributed by atoms with Crippen LogP contribution >= 0.6 is 19.6 Å². The summed E-state index contributed by atoms with van der Waals surface area (Å²) < 4.78 is 0. The van der Waals surface area contributed by atoms with Gasteiger partial charge in [0.25, 0.3) is 0 Å². The van der Waals surface area contributed by atoms with Gasteiger partial charge in [0.1, 0.15) is 0 Å². The van der Waals surface area contributed by atoms with E-state index in [9.17, 15) is 0 Å². The molecule has 0 aliphatic carbocycles. The summed E-state index contributed by atoms with van der Waals surface area (Å²) in [6, 6.07) is 0. The molecule has 0 rings (SSSR count). The summed E-state index contributed by atoms with van der Waals surface area (Å²) in [6.07, 6.45) is 0. The van der Waals surface area contributed by atoms with Gasteiger partial charge in [0, 0.05) is 0 Å². The molecule has 0 unspecified atom stereocenters. The molecule has 0 aliphatic rings. The van der Waals surface area contributed by atoms with E-state index in [1.807, 2.05) is 0 Å². The van der Waals surface area contributed by atoms with Crippen molar-refractivity contribution in [2.75, 3.05) is 0 Å². The fraction of sp³-hybridized carbons (Fsp3) is 0. The minimum absolute atomic E-state index is 0. The zero-order valence-corrected chi connectivity index (χ0v) is 11.0. The Hall–Kier alpha value is 1.67. The fourth-order valence-corrected chi connectivity index (χ4v) is 0. The van der Waals surface area contributed by atoms with Crippen molar-refractivity contribution in [1.29, 1.82) is 0 Å². The van der Waals surface area contributed by atoms with Crippen LogP contribution < -0.4 is 18.5 Å². The summed E-state index contributed by atoms with van der Waals surface area (Å²) in [5, 5.41) is 0. The van der Waals surface area contributed by atoms with E-state index >= 15 is 0 Å². The number of quaternary nitrogens is 3. The predicted octanol–water partition coefficient (Wildman–Crippen LogP) is 1.71. The van der Waals surface area contributed by atoms with Crippen LogP contribution in [0, 0.1) is 0 Å². The van der Waals surface area contributed by atoms with Gasteiger partial charge >= 0.3 is 34.6 Å². The second-order valence-electron chi connectivity index (χ2n) is 0.0680. The fourth-order valence-electron chi connectivity index (χ4n) is 0. The Kier molecular flexibility index (Phi) is 840. The van der Waals surface area contributed by atoms with Crippen LogP contribution in [0.15, 0.2) is 0 Å². The molecule has 0 amide bonds. The van der Waals surface area contributed by atoms with E-state index < -0.39 is 0 Å². The van der Waals surface area contributed by atoms with E-state index in [0.717, 1.165) is 0 Å². The molecule has 0 saturated heterocycles. The van der Waals surface area contributed by atoms with Crippen molar-refractivity contribution in [2.24, 2.45) is 0 Å². The molecule has 0 spiro atoms. The van der Waals surface area contributed by atoms with Crippen LogP contribution in [0.3, 0.4) is 0 Å². The molecule has 0 aliphatic heterocycles. The van der Waals surface area contributed by atoms with Gasteiger partial charge in [-0.3, -0.25) is 0 Å². The van der Waals surface area contributed by atoms with E-state index in [1.165, 1.54) is 0 Å². The molecule has 0 atom stereocenters. The first-order chi connectivity index (χ1) is 1.41. The van der Waals surface area contributed by atoms with Crippen molar-refractivity contribution in [3.8, 4) is 0 Å². The summed E-state index contributed by atoms with van der Waals surface area (Å²) in [5.74, 6) is 0. The average Bonchev–Trinajstić information content (AvgIpc) is 0.918. The Morgan fingerprint density at radius 2 is 0.778 bits per heavy atom. The Balaban J connectivity index is -0.00000000133. The molecule has 0 aromatic carbocycles. The summed E-state index contributed by atoms with van der Waals surface area (Å²) >= 11 is -0.363. The Morgan fingerprint density at radius 1 is 0.778 bits per heavy atom. The molecule has 9 heavy (non-hydrogen) atoms. The molecule has 0 heterocycles.